The van der Waals surface area contributed by atoms with Gasteiger partial charge >= 0.3 is 5.97 Å². The van der Waals surface area contributed by atoms with Crippen molar-refractivity contribution in [2.75, 3.05) is 52.4 Å². The number of piperazine rings is 1. The van der Waals surface area contributed by atoms with Crippen molar-refractivity contribution in [3.63, 3.8) is 0 Å². The Morgan fingerprint density at radius 3 is 2.35 bits per heavy atom. The monoisotopic (exact) mass is 359 g/mol. The number of esters is 1. The fourth-order valence-electron chi connectivity index (χ4n) is 4.12. The van der Waals surface area contributed by atoms with E-state index in [1.54, 1.807) is 0 Å². The van der Waals surface area contributed by atoms with Crippen molar-refractivity contribution in [1.29, 1.82) is 0 Å². The zero-order valence-electron chi connectivity index (χ0n) is 16.1. The highest BCUT2D eigenvalue weighted by Gasteiger charge is 2.27. The Balaban J connectivity index is 1.34. The summed E-state index contributed by atoms with van der Waals surface area (Å²) < 4.78 is 5.02. The number of piperidine rings is 1. The molecule has 5 nitrogen and oxygen atoms in total. The highest BCUT2D eigenvalue weighted by atomic mass is 16.5. The fraction of sp³-hybridized carbons (Fsp3) is 0.667. The van der Waals surface area contributed by atoms with Gasteiger partial charge in [0.15, 0.2) is 0 Å². The lowest BCUT2D eigenvalue weighted by Crippen LogP contribution is -2.53. The molecule has 0 spiro atoms. The summed E-state index contributed by atoms with van der Waals surface area (Å²) in [5, 5.41) is 0. The van der Waals surface area contributed by atoms with E-state index < -0.39 is 0 Å². The number of ether oxygens (including phenoxy) is 1. The average Bonchev–Trinajstić information content (AvgIpc) is 2.69. The first-order chi connectivity index (χ1) is 12.7. The Hall–Kier alpha value is -1.43. The third-order valence-corrected chi connectivity index (χ3v) is 5.67. The second-order valence-electron chi connectivity index (χ2n) is 7.43. The van der Waals surface area contributed by atoms with Crippen LogP contribution in [0.5, 0.6) is 0 Å². The minimum absolute atomic E-state index is 0.0688. The number of hydrogen-bond acceptors (Lipinski definition) is 5. The molecule has 2 aliphatic heterocycles. The number of carbonyl (C=O) groups is 1. The predicted octanol–water partition coefficient (Wildman–Crippen LogP) is 2.22. The maximum Gasteiger partial charge on any atom is 0.307 e. The molecule has 26 heavy (non-hydrogen) atoms. The summed E-state index contributed by atoms with van der Waals surface area (Å²) in [4.78, 5) is 19.1. The average molecular weight is 360 g/mol. The van der Waals surface area contributed by atoms with Crippen LogP contribution in [0, 0.1) is 0 Å². The number of carbonyl (C=O) groups excluding carboxylic acids is 1. The van der Waals surface area contributed by atoms with Crippen LogP contribution in [0.25, 0.3) is 0 Å². The first kappa shape index (κ1) is 19.3. The molecule has 0 aliphatic carbocycles. The van der Waals surface area contributed by atoms with Crippen LogP contribution in [-0.4, -0.2) is 79.1 Å². The summed E-state index contributed by atoms with van der Waals surface area (Å²) in [6, 6.07) is 11.5. The zero-order chi connectivity index (χ0) is 18.2. The minimum atomic E-state index is -0.0688. The molecule has 0 radical (unpaired) electrons. The summed E-state index contributed by atoms with van der Waals surface area (Å²) in [5.74, 6) is -0.0688. The molecule has 0 saturated carbocycles. The zero-order valence-corrected chi connectivity index (χ0v) is 16.1. The van der Waals surface area contributed by atoms with Crippen LogP contribution >= 0.6 is 0 Å². The van der Waals surface area contributed by atoms with Crippen LogP contribution in [-0.2, 0) is 16.1 Å². The maximum absolute atomic E-state index is 11.5. The lowest BCUT2D eigenvalue weighted by Gasteiger charge is -2.42. The number of hydrogen-bond donors (Lipinski definition) is 0. The smallest absolute Gasteiger partial charge is 0.307 e. The third-order valence-electron chi connectivity index (χ3n) is 5.67. The van der Waals surface area contributed by atoms with Crippen molar-refractivity contribution in [2.45, 2.75) is 38.8 Å². The van der Waals surface area contributed by atoms with Crippen molar-refractivity contribution in [3.8, 4) is 0 Å². The highest BCUT2D eigenvalue weighted by molar-refractivity contribution is 5.69. The Morgan fingerprint density at radius 2 is 1.69 bits per heavy atom. The summed E-state index contributed by atoms with van der Waals surface area (Å²) >= 11 is 0. The van der Waals surface area contributed by atoms with Gasteiger partial charge in [-0.3, -0.25) is 14.6 Å². The molecule has 2 aliphatic rings. The van der Waals surface area contributed by atoms with Gasteiger partial charge in [-0.05, 0) is 38.4 Å². The normalized spacial score (nSPS) is 21.0. The molecule has 0 atom stereocenters. The van der Waals surface area contributed by atoms with Gasteiger partial charge in [-0.1, -0.05) is 30.3 Å². The molecule has 144 valence electrons. The molecule has 1 aromatic carbocycles. The van der Waals surface area contributed by atoms with Crippen molar-refractivity contribution in [3.05, 3.63) is 35.9 Å². The van der Waals surface area contributed by atoms with Crippen molar-refractivity contribution >= 4 is 5.97 Å². The quantitative estimate of drug-likeness (QED) is 0.698. The first-order valence-electron chi connectivity index (χ1n) is 10.1. The first-order valence-corrected chi connectivity index (χ1v) is 10.1. The molecule has 0 amide bonds. The van der Waals surface area contributed by atoms with Crippen LogP contribution in [0.2, 0.25) is 0 Å². The molecule has 0 bridgehead atoms. The van der Waals surface area contributed by atoms with Crippen LogP contribution in [0.3, 0.4) is 0 Å². The summed E-state index contributed by atoms with van der Waals surface area (Å²) in [6.07, 6.45) is 3.07. The van der Waals surface area contributed by atoms with Crippen molar-refractivity contribution in [2.24, 2.45) is 0 Å². The molecule has 0 unspecified atom stereocenters. The van der Waals surface area contributed by atoms with E-state index in [-0.39, 0.29) is 5.97 Å². The SMILES string of the molecule is CCOC(=O)CCN1CCN(C2CCN(Cc3ccccc3)CC2)CC1. The molecule has 3 rings (SSSR count). The topological polar surface area (TPSA) is 36.0 Å². The highest BCUT2D eigenvalue weighted by Crippen LogP contribution is 2.20. The van der Waals surface area contributed by atoms with Gasteiger partial charge < -0.3 is 9.64 Å². The van der Waals surface area contributed by atoms with Crippen LogP contribution in [0.4, 0.5) is 0 Å². The summed E-state index contributed by atoms with van der Waals surface area (Å²) in [6.45, 7) is 11.1. The molecule has 0 aromatic heterocycles. The van der Waals surface area contributed by atoms with Gasteiger partial charge in [0, 0.05) is 45.3 Å². The van der Waals surface area contributed by atoms with Gasteiger partial charge in [0.05, 0.1) is 13.0 Å². The van der Waals surface area contributed by atoms with E-state index in [0.717, 1.165) is 45.3 Å². The van der Waals surface area contributed by atoms with E-state index in [2.05, 4.69) is 45.0 Å². The summed E-state index contributed by atoms with van der Waals surface area (Å²) in [5.41, 5.74) is 1.42. The fourth-order valence-corrected chi connectivity index (χ4v) is 4.12. The number of nitrogens with zero attached hydrogens (tertiary/aromatic N) is 3. The number of benzene rings is 1. The Kier molecular flexibility index (Phi) is 7.47. The minimum Gasteiger partial charge on any atom is -0.466 e. The van der Waals surface area contributed by atoms with Gasteiger partial charge in [0.2, 0.25) is 0 Å². The molecule has 2 saturated heterocycles. The van der Waals surface area contributed by atoms with Crippen LogP contribution < -0.4 is 0 Å². The third kappa shape index (κ3) is 5.79. The maximum atomic E-state index is 11.5. The molecule has 1 aromatic rings. The Labute approximate surface area is 157 Å². The van der Waals surface area contributed by atoms with Gasteiger partial charge in [0.25, 0.3) is 0 Å². The molecular weight excluding hydrogens is 326 g/mol. The van der Waals surface area contributed by atoms with Gasteiger partial charge in [-0.2, -0.15) is 0 Å². The number of rotatable bonds is 7. The predicted molar refractivity (Wildman–Crippen MR) is 104 cm³/mol. The Bertz CT molecular complexity index is 535. The Morgan fingerprint density at radius 1 is 1.00 bits per heavy atom. The second kappa shape index (κ2) is 10.0. The molecule has 2 fully saturated rings. The van der Waals surface area contributed by atoms with E-state index in [4.69, 9.17) is 4.74 Å². The van der Waals surface area contributed by atoms with Gasteiger partial charge in [-0.15, -0.1) is 0 Å². The van der Waals surface area contributed by atoms with E-state index in [1.807, 2.05) is 6.92 Å². The molecular formula is C21H33N3O2. The van der Waals surface area contributed by atoms with Gasteiger partial charge in [-0.25, -0.2) is 0 Å². The standard InChI is InChI=1S/C21H33N3O2/c1-2-26-21(25)10-13-22-14-16-24(17-15-22)20-8-11-23(12-9-20)18-19-6-4-3-5-7-19/h3-7,20H,2,8-18H2,1H3. The van der Waals surface area contributed by atoms with Crippen molar-refractivity contribution in [1.82, 2.24) is 14.7 Å². The molecule has 5 heteroatoms. The molecule has 2 heterocycles. The van der Waals surface area contributed by atoms with Gasteiger partial charge in [0.1, 0.15) is 0 Å². The van der Waals surface area contributed by atoms with E-state index >= 15 is 0 Å². The molecule has 0 N–H and O–H groups in total. The number of likely N-dealkylation sites (tertiary alicyclic amines) is 1. The summed E-state index contributed by atoms with van der Waals surface area (Å²) in [7, 11) is 0. The van der Waals surface area contributed by atoms with Crippen LogP contribution in [0.15, 0.2) is 30.3 Å². The second-order valence-corrected chi connectivity index (χ2v) is 7.43. The van der Waals surface area contributed by atoms with E-state index in [0.29, 0.717) is 13.0 Å². The lowest BCUT2D eigenvalue weighted by atomic mass is 10.0. The van der Waals surface area contributed by atoms with Crippen molar-refractivity contribution < 1.29 is 9.53 Å². The van der Waals surface area contributed by atoms with E-state index in [1.165, 1.54) is 31.5 Å². The largest absolute Gasteiger partial charge is 0.466 e. The van der Waals surface area contributed by atoms with Crippen LogP contribution in [0.1, 0.15) is 31.7 Å². The lowest BCUT2D eigenvalue weighted by molar-refractivity contribution is -0.143. The van der Waals surface area contributed by atoms with E-state index in [9.17, 15) is 4.79 Å².